The summed E-state index contributed by atoms with van der Waals surface area (Å²) in [5, 5.41) is 0.653. The summed E-state index contributed by atoms with van der Waals surface area (Å²) in [6, 6.07) is 12.0. The van der Waals surface area contributed by atoms with Gasteiger partial charge in [0.2, 0.25) is 0 Å². The number of nitrogen functional groups attached to an aromatic ring is 1. The second-order valence-electron chi connectivity index (χ2n) is 4.93. The SMILES string of the molecule is Cc1cccc(CN(C)Cc2nc(NN)ccc2Cl)c1. The van der Waals surface area contributed by atoms with E-state index >= 15 is 0 Å². The lowest BCUT2D eigenvalue weighted by Gasteiger charge is -2.17. The zero-order valence-corrected chi connectivity index (χ0v) is 12.5. The molecule has 0 fully saturated rings. The summed E-state index contributed by atoms with van der Waals surface area (Å²) in [5.74, 6) is 5.99. The van der Waals surface area contributed by atoms with E-state index in [9.17, 15) is 0 Å². The van der Waals surface area contributed by atoms with Gasteiger partial charge in [0.15, 0.2) is 0 Å². The quantitative estimate of drug-likeness (QED) is 0.657. The van der Waals surface area contributed by atoms with E-state index in [1.807, 2.05) is 7.05 Å². The molecule has 1 heterocycles. The van der Waals surface area contributed by atoms with Crippen molar-refractivity contribution in [1.82, 2.24) is 9.88 Å². The third kappa shape index (κ3) is 3.93. The van der Waals surface area contributed by atoms with Crippen molar-refractivity contribution in [3.8, 4) is 0 Å². The van der Waals surface area contributed by atoms with Gasteiger partial charge in [0, 0.05) is 13.1 Å². The fourth-order valence-corrected chi connectivity index (χ4v) is 2.27. The molecule has 0 atom stereocenters. The Labute approximate surface area is 124 Å². The first kappa shape index (κ1) is 14.8. The maximum atomic E-state index is 6.17. The molecule has 0 radical (unpaired) electrons. The highest BCUT2D eigenvalue weighted by molar-refractivity contribution is 6.31. The summed E-state index contributed by atoms with van der Waals surface area (Å²) in [5.41, 5.74) is 5.89. The van der Waals surface area contributed by atoms with Crippen LogP contribution in [0.1, 0.15) is 16.8 Å². The molecule has 3 N–H and O–H groups in total. The minimum atomic E-state index is 0.619. The van der Waals surface area contributed by atoms with Gasteiger partial charge in [-0.2, -0.15) is 0 Å². The van der Waals surface area contributed by atoms with Gasteiger partial charge in [0.1, 0.15) is 5.82 Å². The van der Waals surface area contributed by atoms with Crippen molar-refractivity contribution in [2.24, 2.45) is 5.84 Å². The van der Waals surface area contributed by atoms with E-state index in [1.165, 1.54) is 11.1 Å². The standard InChI is InChI=1S/C15H19ClN4/c1-11-4-3-5-12(8-11)9-20(2)10-14-13(16)6-7-15(18-14)19-17/h3-8H,9-10,17H2,1-2H3,(H,18,19). The second kappa shape index (κ2) is 6.70. The number of rotatable bonds is 5. The van der Waals surface area contributed by atoms with Crippen LogP contribution in [-0.4, -0.2) is 16.9 Å². The van der Waals surface area contributed by atoms with Crippen LogP contribution in [0.4, 0.5) is 5.82 Å². The van der Waals surface area contributed by atoms with E-state index < -0.39 is 0 Å². The molecular formula is C15H19ClN4. The number of hydrazine groups is 1. The number of nitrogens with one attached hydrogen (secondary N) is 1. The molecule has 0 unspecified atom stereocenters. The largest absolute Gasteiger partial charge is 0.308 e. The molecule has 0 bridgehead atoms. The van der Waals surface area contributed by atoms with Crippen LogP contribution >= 0.6 is 11.6 Å². The fraction of sp³-hybridized carbons (Fsp3) is 0.267. The normalized spacial score (nSPS) is 10.8. The maximum Gasteiger partial charge on any atom is 0.140 e. The first-order valence-corrected chi connectivity index (χ1v) is 6.82. The molecule has 106 valence electrons. The fourth-order valence-electron chi connectivity index (χ4n) is 2.11. The second-order valence-corrected chi connectivity index (χ2v) is 5.34. The molecule has 0 aliphatic rings. The molecule has 0 aliphatic heterocycles. The Morgan fingerprint density at radius 1 is 1.25 bits per heavy atom. The Morgan fingerprint density at radius 2 is 2.05 bits per heavy atom. The van der Waals surface area contributed by atoms with E-state index in [4.69, 9.17) is 17.4 Å². The molecule has 1 aromatic heterocycles. The Kier molecular flexibility index (Phi) is 4.95. The molecule has 2 rings (SSSR count). The monoisotopic (exact) mass is 290 g/mol. The molecule has 0 saturated carbocycles. The molecule has 2 aromatic rings. The van der Waals surface area contributed by atoms with Gasteiger partial charge in [-0.25, -0.2) is 10.8 Å². The Balaban J connectivity index is 2.06. The number of benzene rings is 1. The van der Waals surface area contributed by atoms with Crippen LogP contribution in [0, 0.1) is 6.92 Å². The molecule has 0 saturated heterocycles. The van der Waals surface area contributed by atoms with Crippen molar-refractivity contribution in [2.45, 2.75) is 20.0 Å². The lowest BCUT2D eigenvalue weighted by Crippen LogP contribution is -2.19. The van der Waals surface area contributed by atoms with E-state index in [2.05, 4.69) is 46.5 Å². The summed E-state index contributed by atoms with van der Waals surface area (Å²) >= 11 is 6.17. The molecule has 0 aliphatic carbocycles. The van der Waals surface area contributed by atoms with Crippen molar-refractivity contribution in [3.05, 3.63) is 58.2 Å². The van der Waals surface area contributed by atoms with Crippen molar-refractivity contribution in [1.29, 1.82) is 0 Å². The number of aromatic nitrogens is 1. The minimum absolute atomic E-state index is 0.619. The van der Waals surface area contributed by atoms with E-state index in [1.54, 1.807) is 12.1 Å². The molecule has 0 amide bonds. The van der Waals surface area contributed by atoms with E-state index in [0.29, 0.717) is 17.4 Å². The summed E-state index contributed by atoms with van der Waals surface area (Å²) in [6.45, 7) is 3.61. The first-order chi connectivity index (χ1) is 9.58. The number of hydrogen-bond donors (Lipinski definition) is 2. The lowest BCUT2D eigenvalue weighted by molar-refractivity contribution is 0.315. The zero-order valence-electron chi connectivity index (χ0n) is 11.7. The van der Waals surface area contributed by atoms with Gasteiger partial charge in [-0.15, -0.1) is 0 Å². The maximum absolute atomic E-state index is 6.17. The number of aryl methyl sites for hydroxylation is 1. The number of nitrogens with two attached hydrogens (primary N) is 1. The lowest BCUT2D eigenvalue weighted by atomic mass is 10.1. The third-order valence-corrected chi connectivity index (χ3v) is 3.37. The number of hydrogen-bond acceptors (Lipinski definition) is 4. The molecule has 5 heteroatoms. The average Bonchev–Trinajstić information content (AvgIpc) is 2.41. The number of halogens is 1. The Morgan fingerprint density at radius 3 is 2.75 bits per heavy atom. The molecule has 4 nitrogen and oxygen atoms in total. The van der Waals surface area contributed by atoms with Gasteiger partial charge in [-0.3, -0.25) is 4.90 Å². The summed E-state index contributed by atoms with van der Waals surface area (Å²) < 4.78 is 0. The number of anilines is 1. The van der Waals surface area contributed by atoms with Crippen LogP contribution in [0.2, 0.25) is 5.02 Å². The van der Waals surface area contributed by atoms with Crippen LogP contribution in [-0.2, 0) is 13.1 Å². The highest BCUT2D eigenvalue weighted by Crippen LogP contribution is 2.18. The molecule has 1 aromatic carbocycles. The average molecular weight is 291 g/mol. The van der Waals surface area contributed by atoms with Gasteiger partial charge in [0.25, 0.3) is 0 Å². The highest BCUT2D eigenvalue weighted by Gasteiger charge is 2.08. The molecular weight excluding hydrogens is 272 g/mol. The predicted octanol–water partition coefficient (Wildman–Crippen LogP) is 2.96. The van der Waals surface area contributed by atoms with Crippen LogP contribution in [0.25, 0.3) is 0 Å². The van der Waals surface area contributed by atoms with Crippen LogP contribution in [0.15, 0.2) is 36.4 Å². The van der Waals surface area contributed by atoms with Crippen molar-refractivity contribution < 1.29 is 0 Å². The summed E-state index contributed by atoms with van der Waals surface area (Å²) in [7, 11) is 2.04. The van der Waals surface area contributed by atoms with E-state index in [-0.39, 0.29) is 0 Å². The predicted molar refractivity (Wildman–Crippen MR) is 83.4 cm³/mol. The van der Waals surface area contributed by atoms with Crippen molar-refractivity contribution in [3.63, 3.8) is 0 Å². The van der Waals surface area contributed by atoms with Crippen LogP contribution in [0.3, 0.4) is 0 Å². The first-order valence-electron chi connectivity index (χ1n) is 6.44. The van der Waals surface area contributed by atoms with Crippen molar-refractivity contribution in [2.75, 3.05) is 12.5 Å². The van der Waals surface area contributed by atoms with Gasteiger partial charge < -0.3 is 5.43 Å². The van der Waals surface area contributed by atoms with Crippen LogP contribution < -0.4 is 11.3 Å². The Bertz CT molecular complexity index is 586. The minimum Gasteiger partial charge on any atom is -0.308 e. The topological polar surface area (TPSA) is 54.2 Å². The molecule has 0 spiro atoms. The number of nitrogens with zero attached hydrogens (tertiary/aromatic N) is 2. The van der Waals surface area contributed by atoms with E-state index in [0.717, 1.165) is 12.2 Å². The molecule has 20 heavy (non-hydrogen) atoms. The van der Waals surface area contributed by atoms with Gasteiger partial charge in [-0.05, 0) is 31.7 Å². The van der Waals surface area contributed by atoms with Crippen molar-refractivity contribution >= 4 is 17.4 Å². The summed E-state index contributed by atoms with van der Waals surface area (Å²) in [6.07, 6.45) is 0. The van der Waals surface area contributed by atoms with Gasteiger partial charge >= 0.3 is 0 Å². The summed E-state index contributed by atoms with van der Waals surface area (Å²) in [4.78, 5) is 6.55. The third-order valence-electron chi connectivity index (χ3n) is 3.02. The highest BCUT2D eigenvalue weighted by atomic mass is 35.5. The number of pyridine rings is 1. The van der Waals surface area contributed by atoms with Gasteiger partial charge in [-0.1, -0.05) is 41.4 Å². The zero-order chi connectivity index (χ0) is 14.5. The van der Waals surface area contributed by atoms with Gasteiger partial charge in [0.05, 0.1) is 10.7 Å². The Hall–Kier alpha value is -1.62. The van der Waals surface area contributed by atoms with Crippen LogP contribution in [0.5, 0.6) is 0 Å². The smallest absolute Gasteiger partial charge is 0.140 e.